The van der Waals surface area contributed by atoms with Crippen LogP contribution in [0.15, 0.2) is 35.3 Å². The number of benzene rings is 1. The quantitative estimate of drug-likeness (QED) is 0.603. The second-order valence-electron chi connectivity index (χ2n) is 6.80. The average Bonchev–Trinajstić information content (AvgIpc) is 2.62. The largest absolute Gasteiger partial charge is 0.378 e. The molecule has 0 spiro atoms. The highest BCUT2D eigenvalue weighted by molar-refractivity contribution is 5.85. The average molecular weight is 344 g/mol. The Morgan fingerprint density at radius 1 is 1.28 bits per heavy atom. The first-order valence-electron chi connectivity index (χ1n) is 9.19. The second-order valence-corrected chi connectivity index (χ2v) is 6.80. The topological polar surface area (TPSA) is 80.0 Å². The molecule has 1 aliphatic heterocycles. The van der Waals surface area contributed by atoms with E-state index >= 15 is 0 Å². The number of nitrogens with zero attached hydrogens (tertiary/aromatic N) is 2. The van der Waals surface area contributed by atoms with Gasteiger partial charge in [-0.2, -0.15) is 0 Å². The maximum Gasteiger partial charge on any atom is 0.232 e. The van der Waals surface area contributed by atoms with Gasteiger partial charge in [0.2, 0.25) is 5.91 Å². The van der Waals surface area contributed by atoms with E-state index in [1.165, 1.54) is 19.3 Å². The number of rotatable bonds is 6. The van der Waals surface area contributed by atoms with Crippen molar-refractivity contribution in [3.8, 4) is 0 Å². The van der Waals surface area contributed by atoms with Crippen LogP contribution in [0.2, 0.25) is 0 Å². The Balaban J connectivity index is 1.64. The van der Waals surface area contributed by atoms with E-state index in [1.807, 2.05) is 35.2 Å². The number of guanidine groups is 1. The fourth-order valence-corrected chi connectivity index (χ4v) is 3.21. The zero-order valence-electron chi connectivity index (χ0n) is 14.7. The summed E-state index contributed by atoms with van der Waals surface area (Å²) in [5, 5.41) is 3.19. The summed E-state index contributed by atoms with van der Waals surface area (Å²) in [5.41, 5.74) is 6.98. The van der Waals surface area contributed by atoms with Crippen molar-refractivity contribution in [1.29, 1.82) is 0 Å². The van der Waals surface area contributed by atoms with E-state index in [9.17, 15) is 4.79 Å². The van der Waals surface area contributed by atoms with Crippen LogP contribution < -0.4 is 11.1 Å². The van der Waals surface area contributed by atoms with Gasteiger partial charge in [0.25, 0.3) is 0 Å². The highest BCUT2D eigenvalue weighted by Crippen LogP contribution is 2.25. The van der Waals surface area contributed by atoms with E-state index in [0.29, 0.717) is 44.7 Å². The molecule has 1 atom stereocenters. The standard InChI is InChI=1S/C19H28N4O2/c20-19(21-13-15-5-4-6-15)22-14-17(16-7-2-1-3-8-16)18(24)23-9-11-25-12-10-23/h1-3,7-8,15,17H,4-6,9-14H2,(H3,20,21,22)/t17-/m0/s1. The number of hydrogen-bond donors (Lipinski definition) is 2. The van der Waals surface area contributed by atoms with Crippen molar-refractivity contribution in [2.24, 2.45) is 16.6 Å². The maximum atomic E-state index is 13.0. The zero-order valence-corrected chi connectivity index (χ0v) is 14.7. The molecule has 0 bridgehead atoms. The summed E-state index contributed by atoms with van der Waals surface area (Å²) in [5.74, 6) is 0.949. The number of nitrogens with two attached hydrogens (primary N) is 1. The fourth-order valence-electron chi connectivity index (χ4n) is 3.21. The summed E-state index contributed by atoms with van der Waals surface area (Å²) in [6.07, 6.45) is 3.85. The Bertz CT molecular complexity index is 580. The van der Waals surface area contributed by atoms with Gasteiger partial charge in [0.1, 0.15) is 0 Å². The van der Waals surface area contributed by atoms with E-state index in [2.05, 4.69) is 10.3 Å². The minimum atomic E-state index is -0.302. The van der Waals surface area contributed by atoms with Gasteiger partial charge in [-0.1, -0.05) is 36.8 Å². The number of ether oxygens (including phenoxy) is 1. The molecular weight excluding hydrogens is 316 g/mol. The molecule has 2 fully saturated rings. The minimum absolute atomic E-state index is 0.102. The molecule has 0 aromatic heterocycles. The van der Waals surface area contributed by atoms with Crippen molar-refractivity contribution in [3.63, 3.8) is 0 Å². The van der Waals surface area contributed by atoms with E-state index in [4.69, 9.17) is 10.5 Å². The molecule has 0 unspecified atom stereocenters. The summed E-state index contributed by atoms with van der Waals surface area (Å²) >= 11 is 0. The summed E-state index contributed by atoms with van der Waals surface area (Å²) in [6.45, 7) is 3.72. The van der Waals surface area contributed by atoms with Crippen LogP contribution in [0.1, 0.15) is 30.7 Å². The number of morpholine rings is 1. The number of nitrogens with one attached hydrogen (secondary N) is 1. The highest BCUT2D eigenvalue weighted by atomic mass is 16.5. The first kappa shape index (κ1) is 17.7. The Kier molecular flexibility index (Phi) is 6.28. The summed E-state index contributed by atoms with van der Waals surface area (Å²) in [6, 6.07) is 9.83. The number of aliphatic imine (C=N–C) groups is 1. The lowest BCUT2D eigenvalue weighted by molar-refractivity contribution is -0.136. The molecule has 0 radical (unpaired) electrons. The van der Waals surface area contributed by atoms with Gasteiger partial charge >= 0.3 is 0 Å². The Labute approximate surface area is 149 Å². The lowest BCUT2D eigenvalue weighted by Crippen LogP contribution is -2.44. The van der Waals surface area contributed by atoms with Gasteiger partial charge in [-0.15, -0.1) is 0 Å². The van der Waals surface area contributed by atoms with Gasteiger partial charge in [-0.05, 0) is 24.3 Å². The predicted octanol–water partition coefficient (Wildman–Crippen LogP) is 1.33. The van der Waals surface area contributed by atoms with Crippen LogP contribution in [-0.4, -0.2) is 56.2 Å². The Morgan fingerprint density at radius 3 is 2.64 bits per heavy atom. The molecular formula is C19H28N4O2. The lowest BCUT2D eigenvalue weighted by Gasteiger charge is -2.30. The van der Waals surface area contributed by atoms with Crippen LogP contribution in [0, 0.1) is 5.92 Å². The van der Waals surface area contributed by atoms with Crippen LogP contribution in [-0.2, 0) is 9.53 Å². The molecule has 1 aromatic carbocycles. The summed E-state index contributed by atoms with van der Waals surface area (Å²) < 4.78 is 5.35. The van der Waals surface area contributed by atoms with Crippen LogP contribution in [0.3, 0.4) is 0 Å². The molecule has 1 saturated heterocycles. The third kappa shape index (κ3) is 4.95. The molecule has 3 rings (SSSR count). The predicted molar refractivity (Wildman–Crippen MR) is 98.4 cm³/mol. The molecule has 3 N–H and O–H groups in total. The van der Waals surface area contributed by atoms with Gasteiger partial charge in [-0.3, -0.25) is 9.79 Å². The molecule has 6 nitrogen and oxygen atoms in total. The van der Waals surface area contributed by atoms with Crippen LogP contribution >= 0.6 is 0 Å². The SMILES string of the molecule is NC(=NC[C@H](C(=O)N1CCOCC1)c1ccccc1)NCC1CCC1. The molecule has 1 heterocycles. The van der Waals surface area contributed by atoms with Gasteiger partial charge < -0.3 is 20.7 Å². The molecule has 25 heavy (non-hydrogen) atoms. The number of carbonyl (C=O) groups excluding carboxylic acids is 1. The normalized spacial score (nSPS) is 20.0. The van der Waals surface area contributed by atoms with Crippen molar-refractivity contribution < 1.29 is 9.53 Å². The summed E-state index contributed by atoms with van der Waals surface area (Å²) in [4.78, 5) is 19.3. The van der Waals surface area contributed by atoms with Crippen molar-refractivity contribution in [3.05, 3.63) is 35.9 Å². The van der Waals surface area contributed by atoms with Crippen molar-refractivity contribution in [1.82, 2.24) is 10.2 Å². The molecule has 1 saturated carbocycles. The molecule has 136 valence electrons. The van der Waals surface area contributed by atoms with Gasteiger partial charge in [0.05, 0.1) is 25.7 Å². The molecule has 2 aliphatic rings. The fraction of sp³-hybridized carbons (Fsp3) is 0.579. The summed E-state index contributed by atoms with van der Waals surface area (Å²) in [7, 11) is 0. The van der Waals surface area contributed by atoms with E-state index < -0.39 is 0 Å². The van der Waals surface area contributed by atoms with Crippen molar-refractivity contribution in [2.45, 2.75) is 25.2 Å². The third-order valence-corrected chi connectivity index (χ3v) is 5.06. The smallest absolute Gasteiger partial charge is 0.232 e. The lowest BCUT2D eigenvalue weighted by atomic mass is 9.85. The van der Waals surface area contributed by atoms with E-state index in [0.717, 1.165) is 12.1 Å². The second kappa shape index (κ2) is 8.85. The van der Waals surface area contributed by atoms with Gasteiger partial charge in [0.15, 0.2) is 5.96 Å². The van der Waals surface area contributed by atoms with E-state index in [-0.39, 0.29) is 11.8 Å². The van der Waals surface area contributed by atoms with Crippen molar-refractivity contribution >= 4 is 11.9 Å². The Morgan fingerprint density at radius 2 is 2.00 bits per heavy atom. The number of carbonyl (C=O) groups is 1. The minimum Gasteiger partial charge on any atom is -0.378 e. The first-order valence-corrected chi connectivity index (χ1v) is 9.19. The highest BCUT2D eigenvalue weighted by Gasteiger charge is 2.27. The van der Waals surface area contributed by atoms with Gasteiger partial charge in [-0.25, -0.2) is 0 Å². The number of amides is 1. The maximum absolute atomic E-state index is 13.0. The van der Waals surface area contributed by atoms with Crippen molar-refractivity contribution in [2.75, 3.05) is 39.4 Å². The third-order valence-electron chi connectivity index (χ3n) is 5.06. The molecule has 1 aromatic rings. The first-order chi connectivity index (χ1) is 12.2. The van der Waals surface area contributed by atoms with E-state index in [1.54, 1.807) is 0 Å². The molecule has 1 aliphatic carbocycles. The number of hydrogen-bond acceptors (Lipinski definition) is 3. The molecule has 6 heteroatoms. The van der Waals surface area contributed by atoms with Crippen LogP contribution in [0.25, 0.3) is 0 Å². The van der Waals surface area contributed by atoms with Crippen LogP contribution in [0.5, 0.6) is 0 Å². The Hall–Kier alpha value is -2.08. The monoisotopic (exact) mass is 344 g/mol. The molecule has 1 amide bonds. The van der Waals surface area contributed by atoms with Crippen LogP contribution in [0.4, 0.5) is 0 Å². The van der Waals surface area contributed by atoms with Gasteiger partial charge in [0, 0.05) is 19.6 Å². The zero-order chi connectivity index (χ0) is 17.5.